The van der Waals surface area contributed by atoms with Crippen LogP contribution in [-0.2, 0) is 0 Å². The quantitative estimate of drug-likeness (QED) is 0.368. The molecule has 0 saturated carbocycles. The third-order valence-corrected chi connectivity index (χ3v) is 0.908. The molecule has 0 aliphatic heterocycles. The maximum atomic E-state index is 3.72. The molecule has 0 aliphatic rings. The van der Waals surface area contributed by atoms with E-state index < -0.39 is 0 Å². The fraction of sp³-hybridized carbons (Fsp3) is 0.667. The average Bonchev–Trinajstić information content (AvgIpc) is 1.69. The van der Waals surface area contributed by atoms with E-state index in [9.17, 15) is 0 Å². The van der Waals surface area contributed by atoms with E-state index in [0.717, 1.165) is 13.0 Å². The Labute approximate surface area is 61.7 Å². The van der Waals surface area contributed by atoms with Gasteiger partial charge in [0, 0.05) is 0 Å². The van der Waals surface area contributed by atoms with Gasteiger partial charge in [-0.15, -0.1) is 6.58 Å². The lowest BCUT2D eigenvalue weighted by Gasteiger charge is -1.86. The summed E-state index contributed by atoms with van der Waals surface area (Å²) in [5.41, 5.74) is 3.72. The first-order valence-electron chi connectivity index (χ1n) is 2.82. The van der Waals surface area contributed by atoms with Crippen molar-refractivity contribution in [2.45, 2.75) is 19.3 Å². The van der Waals surface area contributed by atoms with E-state index in [0.29, 0.717) is 0 Å². The van der Waals surface area contributed by atoms with Gasteiger partial charge < -0.3 is 22.7 Å². The van der Waals surface area contributed by atoms with E-state index in [1.54, 1.807) is 0 Å². The van der Waals surface area contributed by atoms with Crippen LogP contribution in [0.25, 0.3) is 0 Å². The van der Waals surface area contributed by atoms with Crippen molar-refractivity contribution in [3.63, 3.8) is 0 Å². The number of unbranched alkanes of at least 4 members (excludes halogenated alkanes) is 2. The van der Waals surface area contributed by atoms with Crippen LogP contribution in [0.5, 0.6) is 0 Å². The van der Waals surface area contributed by atoms with Crippen LogP contribution in [0.3, 0.4) is 0 Å². The van der Waals surface area contributed by atoms with Crippen molar-refractivity contribution < 1.29 is 22.7 Å². The zero-order valence-electron chi connectivity index (χ0n) is 5.20. The normalized spacial score (nSPS) is 7.62. The van der Waals surface area contributed by atoms with Crippen molar-refractivity contribution in [1.29, 1.82) is 0 Å². The van der Waals surface area contributed by atoms with Crippen LogP contribution in [-0.4, -0.2) is 6.54 Å². The summed E-state index contributed by atoms with van der Waals surface area (Å²) in [4.78, 5) is 0. The Morgan fingerprint density at radius 3 is 2.38 bits per heavy atom. The third-order valence-electron chi connectivity index (χ3n) is 0.908. The first-order chi connectivity index (χ1) is 3.41. The van der Waals surface area contributed by atoms with Gasteiger partial charge in [-0.05, 0) is 19.3 Å². The Hall–Kier alpha value is 0.180. The van der Waals surface area contributed by atoms with E-state index in [1.165, 1.54) is 12.8 Å². The molecular weight excluding hydrogens is 166 g/mol. The van der Waals surface area contributed by atoms with E-state index in [2.05, 4.69) is 12.3 Å². The van der Waals surface area contributed by atoms with Gasteiger partial charge in [-0.3, -0.25) is 0 Å². The van der Waals surface area contributed by atoms with Gasteiger partial charge in [0.1, 0.15) is 0 Å². The summed E-state index contributed by atoms with van der Waals surface area (Å²) in [6.07, 6.45) is 5.60. The maximum absolute atomic E-state index is 3.72. The van der Waals surface area contributed by atoms with Gasteiger partial charge in [0.05, 0.1) is 6.54 Å². The van der Waals surface area contributed by atoms with Crippen LogP contribution >= 0.6 is 0 Å². The Morgan fingerprint density at radius 2 is 2.00 bits per heavy atom. The predicted molar refractivity (Wildman–Crippen MR) is 31.8 cm³/mol. The Bertz CT molecular complexity index is 45.8. The first-order valence-corrected chi connectivity index (χ1v) is 2.82. The maximum Gasteiger partial charge on any atom is 0.0739 e. The predicted octanol–water partition coefficient (Wildman–Crippen LogP) is -2.41. The monoisotopic (exact) mass is 179 g/mol. The summed E-state index contributed by atoms with van der Waals surface area (Å²) in [5, 5.41) is 0. The molecule has 0 unspecified atom stereocenters. The van der Waals surface area contributed by atoms with Gasteiger partial charge in [0.2, 0.25) is 0 Å². The topological polar surface area (TPSA) is 27.6 Å². The molecule has 0 saturated heterocycles. The van der Waals surface area contributed by atoms with Gasteiger partial charge in [-0.1, -0.05) is 6.08 Å². The minimum atomic E-state index is 0. The number of allylic oxidation sites excluding steroid dienone is 1. The van der Waals surface area contributed by atoms with Crippen LogP contribution in [0.1, 0.15) is 19.3 Å². The second kappa shape index (κ2) is 10.2. The molecule has 0 fully saturated rings. The fourth-order valence-electron chi connectivity index (χ4n) is 0.465. The van der Waals surface area contributed by atoms with Crippen LogP contribution in [0.2, 0.25) is 0 Å². The Morgan fingerprint density at radius 1 is 1.38 bits per heavy atom. The molecule has 1 nitrogen and oxygen atoms in total. The van der Waals surface area contributed by atoms with E-state index in [-0.39, 0.29) is 17.0 Å². The number of hydrogen-bond donors (Lipinski definition) is 1. The molecule has 0 rings (SSSR count). The summed E-state index contributed by atoms with van der Waals surface area (Å²) < 4.78 is 0. The number of quaternary nitrogens is 1. The lowest BCUT2D eigenvalue weighted by molar-refractivity contribution is -0.368. The molecule has 0 atom stereocenters. The molecule has 8 heavy (non-hydrogen) atoms. The molecule has 0 aliphatic carbocycles. The third kappa shape index (κ3) is 9.49. The Balaban J connectivity index is 0. The molecule has 3 N–H and O–H groups in total. The van der Waals surface area contributed by atoms with Crippen LogP contribution < -0.4 is 22.7 Å². The zero-order chi connectivity index (χ0) is 5.54. The average molecular weight is 180 g/mol. The summed E-state index contributed by atoms with van der Waals surface area (Å²) in [6, 6.07) is 0. The summed E-state index contributed by atoms with van der Waals surface area (Å²) in [6.45, 7) is 4.68. The fourth-order valence-corrected chi connectivity index (χ4v) is 0.465. The molecule has 0 aromatic rings. The van der Waals surface area contributed by atoms with Crippen molar-refractivity contribution >= 4 is 0 Å². The molecule has 0 aromatic carbocycles. The minimum absolute atomic E-state index is 0. The second-order valence-corrected chi connectivity index (χ2v) is 1.64. The molecular formula is C6H14BrN. The molecule has 0 spiro atoms. The molecule has 0 amide bonds. The van der Waals surface area contributed by atoms with E-state index >= 15 is 0 Å². The van der Waals surface area contributed by atoms with Gasteiger partial charge in [-0.25, -0.2) is 0 Å². The highest BCUT2D eigenvalue weighted by atomic mass is 79.9. The second-order valence-electron chi connectivity index (χ2n) is 1.64. The molecule has 2 heteroatoms. The minimum Gasteiger partial charge on any atom is -1.00 e. The summed E-state index contributed by atoms with van der Waals surface area (Å²) in [5.74, 6) is 0. The number of rotatable bonds is 4. The van der Waals surface area contributed by atoms with Crippen molar-refractivity contribution in [2.24, 2.45) is 0 Å². The van der Waals surface area contributed by atoms with E-state index in [1.807, 2.05) is 6.08 Å². The van der Waals surface area contributed by atoms with Gasteiger partial charge in [0.25, 0.3) is 0 Å². The van der Waals surface area contributed by atoms with Crippen molar-refractivity contribution in [1.82, 2.24) is 0 Å². The lowest BCUT2D eigenvalue weighted by atomic mass is 10.2. The van der Waals surface area contributed by atoms with Gasteiger partial charge in [-0.2, -0.15) is 0 Å². The summed E-state index contributed by atoms with van der Waals surface area (Å²) >= 11 is 0. The molecule has 0 aromatic heterocycles. The highest BCUT2D eigenvalue weighted by Gasteiger charge is 1.79. The van der Waals surface area contributed by atoms with Gasteiger partial charge in [0.15, 0.2) is 0 Å². The number of hydrogen-bond acceptors (Lipinski definition) is 0. The first kappa shape index (κ1) is 11.0. The van der Waals surface area contributed by atoms with Crippen molar-refractivity contribution in [3.05, 3.63) is 12.7 Å². The highest BCUT2D eigenvalue weighted by Crippen LogP contribution is 1.90. The van der Waals surface area contributed by atoms with Crippen molar-refractivity contribution in [2.75, 3.05) is 6.54 Å². The standard InChI is InChI=1S/C6H13N.BrH/c1-2-3-4-5-6-7;/h2H,1,3-7H2;1H. The van der Waals surface area contributed by atoms with Crippen LogP contribution in [0.15, 0.2) is 12.7 Å². The lowest BCUT2D eigenvalue weighted by Crippen LogP contribution is -3.00. The molecule has 50 valence electrons. The molecule has 0 bridgehead atoms. The largest absolute Gasteiger partial charge is 1.00 e. The smallest absolute Gasteiger partial charge is 0.0739 e. The SMILES string of the molecule is C=CCCCC[NH3+].[Br-]. The molecule has 0 radical (unpaired) electrons. The highest BCUT2D eigenvalue weighted by molar-refractivity contribution is 4.64. The Kier molecular flexibility index (Phi) is 14.1. The summed E-state index contributed by atoms with van der Waals surface area (Å²) in [7, 11) is 0. The van der Waals surface area contributed by atoms with Crippen LogP contribution in [0.4, 0.5) is 0 Å². The van der Waals surface area contributed by atoms with Crippen LogP contribution in [0, 0.1) is 0 Å². The number of halogens is 1. The molecule has 0 heterocycles. The van der Waals surface area contributed by atoms with Crippen molar-refractivity contribution in [3.8, 4) is 0 Å². The van der Waals surface area contributed by atoms with Gasteiger partial charge >= 0.3 is 0 Å². The van der Waals surface area contributed by atoms with E-state index in [4.69, 9.17) is 0 Å². The zero-order valence-corrected chi connectivity index (χ0v) is 6.78.